The lowest BCUT2D eigenvalue weighted by Gasteiger charge is -2.11. The number of hydrogen-bond acceptors (Lipinski definition) is 8. The smallest absolute Gasteiger partial charge is 0.250 e. The lowest BCUT2D eigenvalue weighted by atomic mass is 10.2. The minimum atomic E-state index is -0.298. The molecule has 4 rings (SSSR count). The van der Waals surface area contributed by atoms with Crippen LogP contribution in [0.5, 0.6) is 17.2 Å². The Morgan fingerprint density at radius 1 is 1.03 bits per heavy atom. The van der Waals surface area contributed by atoms with E-state index in [2.05, 4.69) is 20.7 Å². The number of methoxy groups -OCH3 is 2. The second kappa shape index (κ2) is 13.0. The number of halogens is 1. The molecule has 0 radical (unpaired) electrons. The van der Waals surface area contributed by atoms with Crippen molar-refractivity contribution in [3.63, 3.8) is 0 Å². The number of nitrogens with zero attached hydrogens (tertiary/aromatic N) is 4. The molecule has 4 aromatic rings. The molecule has 0 aliphatic rings. The maximum absolute atomic E-state index is 12.6. The number of benzene rings is 3. The zero-order valence-corrected chi connectivity index (χ0v) is 22.6. The number of rotatable bonds is 11. The fraction of sp³-hybridized carbons (Fsp3) is 0.185. The summed E-state index contributed by atoms with van der Waals surface area (Å²) in [5, 5.41) is 14.0. The van der Waals surface area contributed by atoms with E-state index in [1.165, 1.54) is 18.0 Å². The van der Waals surface area contributed by atoms with Crippen LogP contribution in [0.3, 0.4) is 0 Å². The van der Waals surface area contributed by atoms with Gasteiger partial charge in [-0.25, -0.2) is 5.43 Å². The molecule has 3 aromatic carbocycles. The van der Waals surface area contributed by atoms with Gasteiger partial charge in [-0.2, -0.15) is 5.10 Å². The molecule has 11 heteroatoms. The van der Waals surface area contributed by atoms with Crippen molar-refractivity contribution >= 4 is 35.5 Å². The number of amides is 1. The third-order valence-electron chi connectivity index (χ3n) is 5.31. The van der Waals surface area contributed by atoms with Crippen molar-refractivity contribution in [1.29, 1.82) is 0 Å². The highest BCUT2D eigenvalue weighted by atomic mass is 35.5. The quantitative estimate of drug-likeness (QED) is 0.154. The first-order valence-corrected chi connectivity index (χ1v) is 13.0. The average molecular weight is 552 g/mol. The first-order valence-electron chi connectivity index (χ1n) is 11.6. The number of nitrogens with one attached hydrogen (secondary N) is 1. The molecule has 0 spiro atoms. The van der Waals surface area contributed by atoms with E-state index in [1.807, 2.05) is 47.9 Å². The van der Waals surface area contributed by atoms with Crippen LogP contribution < -0.4 is 19.6 Å². The summed E-state index contributed by atoms with van der Waals surface area (Å²) in [5.74, 6) is 2.40. The van der Waals surface area contributed by atoms with Gasteiger partial charge in [-0.3, -0.25) is 9.36 Å². The topological polar surface area (TPSA) is 99.9 Å². The molecule has 1 amide bonds. The lowest BCUT2D eigenvalue weighted by molar-refractivity contribution is -0.118. The molecule has 0 fully saturated rings. The van der Waals surface area contributed by atoms with Crippen LogP contribution in [0, 0.1) is 0 Å². The molecule has 0 atom stereocenters. The van der Waals surface area contributed by atoms with Gasteiger partial charge in [-0.15, -0.1) is 10.2 Å². The molecule has 0 bridgehead atoms. The Morgan fingerprint density at radius 2 is 1.76 bits per heavy atom. The summed E-state index contributed by atoms with van der Waals surface area (Å²) >= 11 is 7.32. The molecule has 1 heterocycles. The van der Waals surface area contributed by atoms with E-state index in [9.17, 15) is 4.79 Å². The van der Waals surface area contributed by atoms with Crippen molar-refractivity contribution in [2.75, 3.05) is 26.6 Å². The van der Waals surface area contributed by atoms with Crippen LogP contribution in [0.1, 0.15) is 12.5 Å². The van der Waals surface area contributed by atoms with Crippen LogP contribution >= 0.6 is 23.4 Å². The van der Waals surface area contributed by atoms with Crippen molar-refractivity contribution in [2.24, 2.45) is 5.10 Å². The van der Waals surface area contributed by atoms with Gasteiger partial charge in [-0.05, 0) is 67.6 Å². The van der Waals surface area contributed by atoms with E-state index in [0.717, 1.165) is 17.0 Å². The second-order valence-corrected chi connectivity index (χ2v) is 9.14. The molecule has 0 saturated heterocycles. The Bertz CT molecular complexity index is 1410. The van der Waals surface area contributed by atoms with Crippen molar-refractivity contribution in [3.05, 3.63) is 77.3 Å². The van der Waals surface area contributed by atoms with Gasteiger partial charge in [0.1, 0.15) is 17.2 Å². The molecule has 38 heavy (non-hydrogen) atoms. The van der Waals surface area contributed by atoms with Gasteiger partial charge in [0.15, 0.2) is 11.0 Å². The Balaban J connectivity index is 1.50. The van der Waals surface area contributed by atoms with Gasteiger partial charge < -0.3 is 14.2 Å². The Kier molecular flexibility index (Phi) is 9.23. The molecular formula is C27H26ClN5O4S. The zero-order chi connectivity index (χ0) is 26.9. The molecule has 0 saturated carbocycles. The van der Waals surface area contributed by atoms with Gasteiger partial charge in [0.05, 0.1) is 32.8 Å². The molecule has 1 aromatic heterocycles. The molecule has 9 nitrogen and oxygen atoms in total. The maximum atomic E-state index is 12.6. The summed E-state index contributed by atoms with van der Waals surface area (Å²) < 4.78 is 18.0. The normalized spacial score (nSPS) is 10.9. The first-order chi connectivity index (χ1) is 18.5. The highest BCUT2D eigenvalue weighted by Gasteiger charge is 2.17. The fourth-order valence-electron chi connectivity index (χ4n) is 3.50. The number of aromatic nitrogens is 3. The highest BCUT2D eigenvalue weighted by molar-refractivity contribution is 7.99. The van der Waals surface area contributed by atoms with Crippen LogP contribution in [0.4, 0.5) is 0 Å². The van der Waals surface area contributed by atoms with Crippen molar-refractivity contribution in [2.45, 2.75) is 12.1 Å². The predicted molar refractivity (Wildman–Crippen MR) is 149 cm³/mol. The Morgan fingerprint density at radius 3 is 2.45 bits per heavy atom. The summed E-state index contributed by atoms with van der Waals surface area (Å²) in [5.41, 5.74) is 4.91. The Labute approximate surface area is 229 Å². The summed E-state index contributed by atoms with van der Waals surface area (Å²) in [6.07, 6.45) is 1.52. The third kappa shape index (κ3) is 6.64. The average Bonchev–Trinajstić information content (AvgIpc) is 3.37. The van der Waals surface area contributed by atoms with Gasteiger partial charge in [0.2, 0.25) is 0 Å². The number of hydrazone groups is 1. The van der Waals surface area contributed by atoms with Crippen LogP contribution in [-0.4, -0.2) is 53.5 Å². The molecule has 1 N–H and O–H groups in total. The van der Waals surface area contributed by atoms with Crippen molar-refractivity contribution in [1.82, 2.24) is 20.2 Å². The van der Waals surface area contributed by atoms with E-state index in [4.69, 9.17) is 25.8 Å². The summed E-state index contributed by atoms with van der Waals surface area (Å²) in [4.78, 5) is 12.6. The summed E-state index contributed by atoms with van der Waals surface area (Å²) in [6.45, 7) is 2.51. The molecule has 0 unspecified atom stereocenters. The van der Waals surface area contributed by atoms with E-state index in [-0.39, 0.29) is 11.7 Å². The largest absolute Gasteiger partial charge is 0.497 e. The number of carbonyl (C=O) groups excluding carboxylic acids is 1. The van der Waals surface area contributed by atoms with Gasteiger partial charge >= 0.3 is 0 Å². The number of hydrogen-bond donors (Lipinski definition) is 1. The van der Waals surface area contributed by atoms with Crippen LogP contribution in [0.25, 0.3) is 17.1 Å². The number of carbonyl (C=O) groups is 1. The zero-order valence-electron chi connectivity index (χ0n) is 21.1. The van der Waals surface area contributed by atoms with E-state index >= 15 is 0 Å². The van der Waals surface area contributed by atoms with Gasteiger partial charge in [0.25, 0.3) is 5.91 Å². The lowest BCUT2D eigenvalue weighted by Crippen LogP contribution is -2.20. The standard InChI is InChI=1S/C27H26ClN5O4S/c1-4-37-22-13-10-21(11-14-22)33-26(18-5-8-20(28)9-6-18)31-32-27(33)38-17-25(34)30-29-16-19-7-12-23(35-2)15-24(19)36-3/h5-16H,4,17H2,1-3H3,(H,30,34). The van der Waals surface area contributed by atoms with Crippen LogP contribution in [-0.2, 0) is 4.79 Å². The van der Waals surface area contributed by atoms with E-state index in [1.54, 1.807) is 44.6 Å². The van der Waals surface area contributed by atoms with Crippen molar-refractivity contribution in [3.8, 4) is 34.3 Å². The fourth-order valence-corrected chi connectivity index (χ4v) is 4.37. The highest BCUT2D eigenvalue weighted by Crippen LogP contribution is 2.29. The van der Waals surface area contributed by atoms with Crippen molar-refractivity contribution < 1.29 is 19.0 Å². The number of thioether (sulfide) groups is 1. The second-order valence-electron chi connectivity index (χ2n) is 7.77. The summed E-state index contributed by atoms with van der Waals surface area (Å²) in [6, 6.07) is 20.3. The predicted octanol–water partition coefficient (Wildman–Crippen LogP) is 5.25. The molecule has 0 aliphatic carbocycles. The van der Waals surface area contributed by atoms with E-state index in [0.29, 0.717) is 39.7 Å². The van der Waals surface area contributed by atoms with Gasteiger partial charge in [-0.1, -0.05) is 23.4 Å². The van der Waals surface area contributed by atoms with Crippen LogP contribution in [0.2, 0.25) is 5.02 Å². The minimum Gasteiger partial charge on any atom is -0.497 e. The maximum Gasteiger partial charge on any atom is 0.250 e. The Hall–Kier alpha value is -4.02. The minimum absolute atomic E-state index is 0.0763. The van der Waals surface area contributed by atoms with Crippen LogP contribution in [0.15, 0.2) is 77.0 Å². The SMILES string of the molecule is CCOc1ccc(-n2c(SCC(=O)NN=Cc3ccc(OC)cc3OC)nnc2-c2ccc(Cl)cc2)cc1. The first kappa shape index (κ1) is 27.0. The molecule has 0 aliphatic heterocycles. The third-order valence-corrected chi connectivity index (χ3v) is 6.49. The van der Waals surface area contributed by atoms with E-state index < -0.39 is 0 Å². The number of ether oxygens (including phenoxy) is 3. The monoisotopic (exact) mass is 551 g/mol. The van der Waals surface area contributed by atoms with Gasteiger partial charge in [0, 0.05) is 27.9 Å². The molecular weight excluding hydrogens is 526 g/mol. The molecule has 196 valence electrons. The summed E-state index contributed by atoms with van der Waals surface area (Å²) in [7, 11) is 3.13.